The van der Waals surface area contributed by atoms with Crippen LogP contribution >= 0.6 is 0 Å². The van der Waals surface area contributed by atoms with Gasteiger partial charge in [-0.25, -0.2) is 0 Å². The molecule has 0 fully saturated rings. The van der Waals surface area contributed by atoms with Crippen LogP contribution in [0.5, 0.6) is 0 Å². The van der Waals surface area contributed by atoms with E-state index in [1.165, 1.54) is 0 Å². The minimum Gasteiger partial charge on any atom is -0.480 e. The van der Waals surface area contributed by atoms with Crippen LogP contribution in [0.1, 0.15) is 0 Å². The van der Waals surface area contributed by atoms with Crippen molar-refractivity contribution in [1.82, 2.24) is 5.32 Å². The monoisotopic (exact) mass is 193 g/mol. The Bertz CT molecular complexity index is 135. The van der Waals surface area contributed by atoms with Crippen LogP contribution in [0, 0.1) is 0 Å². The molecule has 0 aromatic heterocycles. The van der Waals surface area contributed by atoms with Gasteiger partial charge in [0, 0.05) is 13.1 Å². The molecule has 78 valence electrons. The zero-order valence-electron chi connectivity index (χ0n) is 7.19. The highest BCUT2D eigenvalue weighted by Crippen LogP contribution is 1.61. The predicted molar refractivity (Wildman–Crippen MR) is 46.3 cm³/mol. The molecule has 7 nitrogen and oxygen atoms in total. The van der Waals surface area contributed by atoms with Gasteiger partial charge in [-0.15, -0.1) is 0 Å². The Balaban J connectivity index is 0. The third kappa shape index (κ3) is 24.8. The van der Waals surface area contributed by atoms with Crippen LogP contribution in [0.3, 0.4) is 0 Å². The summed E-state index contributed by atoms with van der Waals surface area (Å²) in [6.07, 6.45) is 0. The molecule has 7 N–H and O–H groups in total. The molecule has 0 atom stereocenters. The molecule has 0 radical (unpaired) electrons. The summed E-state index contributed by atoms with van der Waals surface area (Å²) in [4.78, 5) is 19.5. The Hall–Kier alpha value is -1.18. The molecule has 0 bridgehead atoms. The largest absolute Gasteiger partial charge is 0.480 e. The molecule has 7 heteroatoms. The maximum Gasteiger partial charge on any atom is 0.317 e. The molecule has 13 heavy (non-hydrogen) atoms. The lowest BCUT2D eigenvalue weighted by molar-refractivity contribution is -0.137. The highest BCUT2D eigenvalue weighted by Gasteiger charge is 1.97. The molecule has 0 aromatic carbocycles. The van der Waals surface area contributed by atoms with Gasteiger partial charge in [-0.1, -0.05) is 0 Å². The summed E-state index contributed by atoms with van der Waals surface area (Å²) in [5, 5.41) is 18.1. The number of aliphatic carboxylic acids is 2. The van der Waals surface area contributed by atoms with Gasteiger partial charge in [-0.3, -0.25) is 14.9 Å². The van der Waals surface area contributed by atoms with Gasteiger partial charge >= 0.3 is 11.9 Å². The van der Waals surface area contributed by atoms with E-state index in [-0.39, 0.29) is 13.1 Å². The fraction of sp³-hybridized carbons (Fsp3) is 0.667. The second-order valence-electron chi connectivity index (χ2n) is 1.97. The number of nitrogens with one attached hydrogen (secondary N) is 1. The topological polar surface area (TPSA) is 139 Å². The normalized spacial score (nSPS) is 8.46. The molecule has 0 aliphatic heterocycles. The highest BCUT2D eigenvalue weighted by atomic mass is 16.4. The van der Waals surface area contributed by atoms with Gasteiger partial charge in [-0.2, -0.15) is 0 Å². The number of rotatable bonds is 5. The molecule has 0 aromatic rings. The molecule has 0 saturated heterocycles. The minimum atomic E-state index is -1.06. The van der Waals surface area contributed by atoms with Gasteiger partial charge in [0.2, 0.25) is 0 Å². The van der Waals surface area contributed by atoms with Gasteiger partial charge in [0.1, 0.15) is 0 Å². The molecule has 0 amide bonds. The summed E-state index contributed by atoms with van der Waals surface area (Å²) in [6, 6.07) is 0. The lowest BCUT2D eigenvalue weighted by atomic mass is 10.6. The second-order valence-corrected chi connectivity index (χ2v) is 1.97. The lowest BCUT2D eigenvalue weighted by Crippen LogP contribution is -2.27. The van der Waals surface area contributed by atoms with Gasteiger partial charge in [0.05, 0.1) is 13.1 Å². The summed E-state index contributed by atoms with van der Waals surface area (Å²) in [6.45, 7) is 0.568. The van der Waals surface area contributed by atoms with Gasteiger partial charge < -0.3 is 21.7 Å². The van der Waals surface area contributed by atoms with Crippen LogP contribution < -0.4 is 16.8 Å². The van der Waals surface area contributed by atoms with Crippen molar-refractivity contribution in [2.75, 3.05) is 26.2 Å². The van der Waals surface area contributed by atoms with Crippen molar-refractivity contribution in [2.24, 2.45) is 11.5 Å². The van der Waals surface area contributed by atoms with E-state index in [1.54, 1.807) is 0 Å². The molecule has 0 rings (SSSR count). The third-order valence-electron chi connectivity index (χ3n) is 0.719. The van der Waals surface area contributed by atoms with E-state index in [2.05, 4.69) is 5.32 Å². The van der Waals surface area contributed by atoms with E-state index in [4.69, 9.17) is 21.7 Å². The van der Waals surface area contributed by atoms with Gasteiger partial charge in [0.25, 0.3) is 0 Å². The fourth-order valence-electron chi connectivity index (χ4n) is 0.276. The van der Waals surface area contributed by atoms with Crippen molar-refractivity contribution in [3.8, 4) is 0 Å². The van der Waals surface area contributed by atoms with E-state index < -0.39 is 11.9 Å². The summed E-state index contributed by atoms with van der Waals surface area (Å²) in [5.41, 5.74) is 9.81. The van der Waals surface area contributed by atoms with Crippen LogP contribution in [0.4, 0.5) is 0 Å². The number of hydrogen-bond acceptors (Lipinski definition) is 5. The Kier molecular flexibility index (Phi) is 11.9. The highest BCUT2D eigenvalue weighted by molar-refractivity contribution is 5.72. The average Bonchev–Trinajstić information content (AvgIpc) is 2.03. The first-order chi connectivity index (χ1) is 6.04. The first-order valence-corrected chi connectivity index (χ1v) is 3.59. The van der Waals surface area contributed by atoms with E-state index in [0.29, 0.717) is 13.1 Å². The predicted octanol–water partition coefficient (Wildman–Crippen LogP) is -2.35. The summed E-state index contributed by atoms with van der Waals surface area (Å²) >= 11 is 0. The van der Waals surface area contributed by atoms with Crippen LogP contribution in [0.2, 0.25) is 0 Å². The Morgan fingerprint density at radius 2 is 1.31 bits per heavy atom. The Morgan fingerprint density at radius 3 is 1.46 bits per heavy atom. The van der Waals surface area contributed by atoms with Crippen molar-refractivity contribution >= 4 is 11.9 Å². The summed E-state index contributed by atoms with van der Waals surface area (Å²) in [7, 11) is 0. The van der Waals surface area contributed by atoms with Crippen LogP contribution in [0.15, 0.2) is 0 Å². The van der Waals surface area contributed by atoms with Crippen molar-refractivity contribution < 1.29 is 19.8 Å². The maximum atomic E-state index is 9.73. The van der Waals surface area contributed by atoms with E-state index in [9.17, 15) is 9.59 Å². The van der Waals surface area contributed by atoms with Crippen molar-refractivity contribution in [2.45, 2.75) is 0 Å². The molecule has 0 aliphatic carbocycles. The maximum absolute atomic E-state index is 9.73. The first-order valence-electron chi connectivity index (χ1n) is 3.59. The lowest BCUT2D eigenvalue weighted by Gasteiger charge is -1.93. The molecule has 0 unspecified atom stereocenters. The van der Waals surface area contributed by atoms with Gasteiger partial charge in [0.15, 0.2) is 0 Å². The number of carbonyl (C=O) groups is 2. The molecular formula is C6H15N3O4. The molecule has 0 heterocycles. The van der Waals surface area contributed by atoms with Crippen molar-refractivity contribution in [1.29, 1.82) is 0 Å². The number of hydrogen-bond donors (Lipinski definition) is 5. The van der Waals surface area contributed by atoms with Crippen molar-refractivity contribution in [3.05, 3.63) is 0 Å². The van der Waals surface area contributed by atoms with Crippen LogP contribution in [0.25, 0.3) is 0 Å². The SMILES string of the molecule is NCCN.O=C(O)CNCC(=O)O. The summed E-state index contributed by atoms with van der Waals surface area (Å²) in [5.74, 6) is -2.12. The van der Waals surface area contributed by atoms with Crippen molar-refractivity contribution in [3.63, 3.8) is 0 Å². The molecule has 0 aliphatic rings. The number of carboxylic acids is 2. The van der Waals surface area contributed by atoms with Crippen LogP contribution in [-0.4, -0.2) is 48.3 Å². The van der Waals surface area contributed by atoms with E-state index in [1.807, 2.05) is 0 Å². The minimum absolute atomic E-state index is 0.313. The van der Waals surface area contributed by atoms with E-state index >= 15 is 0 Å². The summed E-state index contributed by atoms with van der Waals surface area (Å²) < 4.78 is 0. The van der Waals surface area contributed by atoms with Gasteiger partial charge in [-0.05, 0) is 0 Å². The Labute approximate surface area is 75.7 Å². The quantitative estimate of drug-likeness (QED) is 0.329. The second kappa shape index (κ2) is 10.8. The zero-order chi connectivity index (χ0) is 10.7. The third-order valence-corrected chi connectivity index (χ3v) is 0.719. The fourth-order valence-corrected chi connectivity index (χ4v) is 0.276. The molecular weight excluding hydrogens is 178 g/mol. The smallest absolute Gasteiger partial charge is 0.317 e. The molecule has 0 saturated carbocycles. The first kappa shape index (κ1) is 14.3. The zero-order valence-corrected chi connectivity index (χ0v) is 7.19. The Morgan fingerprint density at radius 1 is 1.00 bits per heavy atom. The number of nitrogens with two attached hydrogens (primary N) is 2. The van der Waals surface area contributed by atoms with E-state index in [0.717, 1.165) is 0 Å². The van der Waals surface area contributed by atoms with Crippen LogP contribution in [-0.2, 0) is 9.59 Å². The molecule has 0 spiro atoms. The number of carboxylic acid groups (broad SMARTS) is 2. The average molecular weight is 193 g/mol. The standard InChI is InChI=1S/C4H7NO4.C2H8N2/c6-3(7)1-5-2-4(8)9;3-1-2-4/h5H,1-2H2,(H,6,7)(H,8,9);1-4H2.